The average Bonchev–Trinajstić information content (AvgIpc) is 2.73. The zero-order valence-electron chi connectivity index (χ0n) is 19.1. The van der Waals surface area contributed by atoms with Crippen LogP contribution in [0, 0.1) is 5.41 Å². The van der Waals surface area contributed by atoms with Gasteiger partial charge < -0.3 is 10.1 Å². The van der Waals surface area contributed by atoms with Crippen LogP contribution in [-0.4, -0.2) is 18.9 Å². The van der Waals surface area contributed by atoms with E-state index >= 15 is 0 Å². The molecule has 0 saturated carbocycles. The van der Waals surface area contributed by atoms with Crippen molar-refractivity contribution in [2.45, 2.75) is 70.6 Å². The predicted octanol–water partition coefficient (Wildman–Crippen LogP) is 7.07. The molecule has 0 radical (unpaired) electrons. The smallest absolute Gasteiger partial charge is 0.164 e. The first-order valence-corrected chi connectivity index (χ1v) is 12.1. The Bertz CT molecular complexity index is 996. The van der Waals surface area contributed by atoms with Gasteiger partial charge in [0.2, 0.25) is 0 Å². The molecule has 178 valence electrons. The zero-order chi connectivity index (χ0) is 24.5. The summed E-state index contributed by atoms with van der Waals surface area (Å²) in [6, 6.07) is 4.14. The highest BCUT2D eigenvalue weighted by Gasteiger charge is 2.38. The number of hydrogen-bond donors (Lipinski definition) is 1. The predicted molar refractivity (Wildman–Crippen MR) is 124 cm³/mol. The highest BCUT2D eigenvalue weighted by molar-refractivity contribution is 7.92. The Morgan fingerprint density at radius 2 is 1.78 bits per heavy atom. The summed E-state index contributed by atoms with van der Waals surface area (Å²) in [4.78, 5) is 0. The molecule has 1 aromatic rings. The van der Waals surface area contributed by atoms with Crippen LogP contribution in [0.25, 0.3) is 0 Å². The topological polar surface area (TPSA) is 67.2 Å². The van der Waals surface area contributed by atoms with Crippen LogP contribution in [-0.2, 0) is 22.3 Å². The van der Waals surface area contributed by atoms with E-state index in [1.165, 1.54) is 32.0 Å². The number of hydrogen-bond acceptors (Lipinski definition) is 4. The van der Waals surface area contributed by atoms with Crippen LogP contribution in [0.4, 0.5) is 13.2 Å². The van der Waals surface area contributed by atoms with Crippen LogP contribution in [0.2, 0.25) is 0 Å². The highest BCUT2D eigenvalue weighted by atomic mass is 32.2. The summed E-state index contributed by atoms with van der Waals surface area (Å²) in [5.41, 5.74) is 0.421. The van der Waals surface area contributed by atoms with Crippen molar-refractivity contribution in [3.05, 3.63) is 65.5 Å². The molecule has 0 heterocycles. The molecular formula is C24H32F3NO3S. The van der Waals surface area contributed by atoms with Crippen LogP contribution >= 0.6 is 0 Å². The van der Waals surface area contributed by atoms with E-state index in [4.69, 9.17) is 10.1 Å². The molecule has 0 aliphatic rings. The van der Waals surface area contributed by atoms with Gasteiger partial charge in [-0.2, -0.15) is 0 Å². The maximum absolute atomic E-state index is 14.4. The summed E-state index contributed by atoms with van der Waals surface area (Å²) in [6.45, 7) is 8.92. The molecule has 0 bridgehead atoms. The molecule has 0 fully saturated rings. The fourth-order valence-corrected chi connectivity index (χ4v) is 4.42. The molecule has 4 nitrogen and oxygen atoms in total. The molecule has 1 aromatic carbocycles. The van der Waals surface area contributed by atoms with Crippen LogP contribution in [0.1, 0.15) is 64.5 Å². The molecule has 0 atom stereocenters. The number of nitrogens with one attached hydrogen (secondary N) is 1. The molecule has 0 unspecified atom stereocenters. The van der Waals surface area contributed by atoms with Gasteiger partial charge in [0.05, 0.1) is 5.75 Å². The number of halogens is 3. The Morgan fingerprint density at radius 1 is 1.16 bits per heavy atom. The first-order chi connectivity index (χ1) is 14.9. The number of ether oxygens (including phenoxy) is 1. The van der Waals surface area contributed by atoms with Crippen molar-refractivity contribution in [2.75, 3.05) is 0 Å². The molecular weight excluding hydrogens is 439 g/mol. The Labute approximate surface area is 189 Å². The molecule has 0 aliphatic heterocycles. The number of allylic oxidation sites excluding steroid dienone is 5. The van der Waals surface area contributed by atoms with E-state index < -0.39 is 38.7 Å². The molecule has 1 N–H and O–H groups in total. The molecule has 32 heavy (non-hydrogen) atoms. The Balaban J connectivity index is 3.36. The summed E-state index contributed by atoms with van der Waals surface area (Å²) < 4.78 is 71.7. The van der Waals surface area contributed by atoms with E-state index in [0.29, 0.717) is 25.3 Å². The first-order valence-electron chi connectivity index (χ1n) is 10.5. The van der Waals surface area contributed by atoms with Crippen LogP contribution in [0.5, 0.6) is 5.75 Å². The van der Waals surface area contributed by atoms with E-state index in [2.05, 4.69) is 6.58 Å². The van der Waals surface area contributed by atoms with Crippen LogP contribution in [0.15, 0.2) is 54.3 Å². The number of sulfone groups is 1. The lowest BCUT2D eigenvalue weighted by Crippen LogP contribution is -2.41. The third kappa shape index (κ3) is 7.08. The summed E-state index contributed by atoms with van der Waals surface area (Å²) in [5, 5.41) is 8.14. The number of benzene rings is 1. The molecule has 0 amide bonds. The van der Waals surface area contributed by atoms with Gasteiger partial charge in [-0.15, -0.1) is 0 Å². The summed E-state index contributed by atoms with van der Waals surface area (Å²) in [7, 11) is -3.86. The third-order valence-corrected chi connectivity index (χ3v) is 7.61. The summed E-state index contributed by atoms with van der Waals surface area (Å²) >= 11 is 0. The minimum absolute atomic E-state index is 0.0838. The SMILES string of the molecule is C=C/C(F)=C\C(F)=C(/CCC)Oc1ccc(CF)c(CS(=O)(=O)C(C)(C)C(=N)CCC)c1. The normalized spacial score (nSPS) is 13.5. The summed E-state index contributed by atoms with van der Waals surface area (Å²) in [6.07, 6.45) is 3.18. The van der Waals surface area contributed by atoms with E-state index in [-0.39, 0.29) is 34.8 Å². The summed E-state index contributed by atoms with van der Waals surface area (Å²) in [5.74, 6) is -2.29. The lowest BCUT2D eigenvalue weighted by molar-refractivity contribution is 0.376. The van der Waals surface area contributed by atoms with Crippen molar-refractivity contribution in [3.63, 3.8) is 0 Å². The fourth-order valence-electron chi connectivity index (χ4n) is 2.90. The van der Waals surface area contributed by atoms with Crippen LogP contribution < -0.4 is 4.74 Å². The van der Waals surface area contributed by atoms with Gasteiger partial charge in [-0.1, -0.05) is 32.9 Å². The van der Waals surface area contributed by atoms with Gasteiger partial charge in [0, 0.05) is 18.2 Å². The standard InChI is InChI=1S/C24H32F3NO3S/c1-6-9-22(21(27)14-19(26)8-3)31-20-12-11-17(15-25)18(13-20)16-32(29,30)24(4,5)23(28)10-7-2/h8,11-14,28H,3,6-7,9-10,15-16H2,1-2,4-5H3/b19-14+,22-21-,28-23?. The van der Waals surface area contributed by atoms with Gasteiger partial charge in [-0.3, -0.25) is 0 Å². The van der Waals surface area contributed by atoms with Gasteiger partial charge in [0.25, 0.3) is 0 Å². The molecule has 8 heteroatoms. The highest BCUT2D eigenvalue weighted by Crippen LogP contribution is 2.30. The molecule has 0 saturated heterocycles. The van der Waals surface area contributed by atoms with Gasteiger partial charge in [-0.25, -0.2) is 21.6 Å². The quantitative estimate of drug-likeness (QED) is 0.190. The number of alkyl halides is 1. The van der Waals surface area contributed by atoms with Crippen molar-refractivity contribution in [1.82, 2.24) is 0 Å². The van der Waals surface area contributed by atoms with Crippen molar-refractivity contribution in [2.24, 2.45) is 0 Å². The average molecular weight is 472 g/mol. The maximum Gasteiger partial charge on any atom is 0.164 e. The van der Waals surface area contributed by atoms with Crippen molar-refractivity contribution >= 4 is 15.5 Å². The van der Waals surface area contributed by atoms with E-state index in [9.17, 15) is 21.6 Å². The minimum atomic E-state index is -3.86. The fraction of sp³-hybridized carbons (Fsp3) is 0.458. The first kappa shape index (κ1) is 27.7. The third-order valence-electron chi connectivity index (χ3n) is 5.12. The largest absolute Gasteiger partial charge is 0.459 e. The molecule has 0 spiro atoms. The lowest BCUT2D eigenvalue weighted by Gasteiger charge is -2.26. The van der Waals surface area contributed by atoms with Crippen molar-refractivity contribution in [1.29, 1.82) is 5.41 Å². The van der Waals surface area contributed by atoms with Gasteiger partial charge in [-0.05, 0) is 56.0 Å². The molecule has 1 rings (SSSR count). The van der Waals surface area contributed by atoms with Crippen molar-refractivity contribution < 1.29 is 26.3 Å². The second-order valence-electron chi connectivity index (χ2n) is 7.92. The van der Waals surface area contributed by atoms with E-state index in [0.717, 1.165) is 6.08 Å². The Morgan fingerprint density at radius 3 is 2.31 bits per heavy atom. The van der Waals surface area contributed by atoms with Gasteiger partial charge in [0.15, 0.2) is 15.7 Å². The van der Waals surface area contributed by atoms with Crippen LogP contribution in [0.3, 0.4) is 0 Å². The second-order valence-corrected chi connectivity index (χ2v) is 10.5. The van der Waals surface area contributed by atoms with Crippen molar-refractivity contribution in [3.8, 4) is 5.75 Å². The monoisotopic (exact) mass is 471 g/mol. The molecule has 0 aromatic heterocycles. The molecule has 0 aliphatic carbocycles. The lowest BCUT2D eigenvalue weighted by atomic mass is 10.0. The maximum atomic E-state index is 14.4. The Kier molecular flexibility index (Phi) is 10.4. The van der Waals surface area contributed by atoms with E-state index in [1.807, 2.05) is 6.92 Å². The zero-order valence-corrected chi connectivity index (χ0v) is 19.9. The Hall–Kier alpha value is -2.35. The van der Waals surface area contributed by atoms with E-state index in [1.54, 1.807) is 6.92 Å². The minimum Gasteiger partial charge on any atom is -0.459 e. The number of rotatable bonds is 13. The van der Waals surface area contributed by atoms with Gasteiger partial charge >= 0.3 is 0 Å². The van der Waals surface area contributed by atoms with Gasteiger partial charge in [0.1, 0.15) is 28.8 Å². The second kappa shape index (κ2) is 12.0.